The number of carbonyl (C=O) groups is 2. The Hall–Kier alpha value is -2.89. The van der Waals surface area contributed by atoms with Gasteiger partial charge in [0.1, 0.15) is 0 Å². The van der Waals surface area contributed by atoms with E-state index in [4.69, 9.17) is 9.47 Å². The van der Waals surface area contributed by atoms with Crippen LogP contribution in [-0.2, 0) is 9.53 Å². The van der Waals surface area contributed by atoms with Gasteiger partial charge in [0.05, 0.1) is 12.7 Å². The maximum Gasteiger partial charge on any atom is 0.338 e. The molecule has 1 saturated carbocycles. The van der Waals surface area contributed by atoms with Crippen molar-refractivity contribution in [1.82, 2.24) is 0 Å². The van der Waals surface area contributed by atoms with Crippen molar-refractivity contribution < 1.29 is 23.5 Å². The van der Waals surface area contributed by atoms with Gasteiger partial charge in [-0.2, -0.15) is 0 Å². The molecule has 0 unspecified atom stereocenters. The number of halogens is 1. The van der Waals surface area contributed by atoms with Gasteiger partial charge in [-0.3, -0.25) is 4.79 Å². The van der Waals surface area contributed by atoms with Crippen LogP contribution in [0.1, 0.15) is 42.5 Å². The van der Waals surface area contributed by atoms with E-state index in [2.05, 4.69) is 0 Å². The second kappa shape index (κ2) is 9.35. The maximum absolute atomic E-state index is 13.8. The molecule has 2 aromatic carbocycles. The number of anilines is 1. The van der Waals surface area contributed by atoms with Crippen molar-refractivity contribution in [2.24, 2.45) is 0 Å². The third-order valence-electron chi connectivity index (χ3n) is 4.96. The fraction of sp³-hybridized carbons (Fsp3) is 0.364. The van der Waals surface area contributed by atoms with Crippen molar-refractivity contribution >= 4 is 17.6 Å². The number of methoxy groups -OCH3 is 1. The summed E-state index contributed by atoms with van der Waals surface area (Å²) >= 11 is 0. The van der Waals surface area contributed by atoms with Gasteiger partial charge in [-0.25, -0.2) is 9.18 Å². The minimum Gasteiger partial charge on any atom is -0.494 e. The number of benzene rings is 2. The molecule has 1 aliphatic carbocycles. The first-order valence-corrected chi connectivity index (χ1v) is 9.48. The smallest absolute Gasteiger partial charge is 0.338 e. The van der Waals surface area contributed by atoms with Crippen molar-refractivity contribution in [1.29, 1.82) is 0 Å². The van der Waals surface area contributed by atoms with Crippen LogP contribution in [0.3, 0.4) is 0 Å². The topological polar surface area (TPSA) is 55.8 Å². The molecule has 148 valence electrons. The summed E-state index contributed by atoms with van der Waals surface area (Å²) in [6.07, 6.45) is 5.18. The quantitative estimate of drug-likeness (QED) is 0.694. The van der Waals surface area contributed by atoms with Crippen molar-refractivity contribution in [3.8, 4) is 5.75 Å². The summed E-state index contributed by atoms with van der Waals surface area (Å²) in [6, 6.07) is 13.3. The molecule has 0 heterocycles. The number of carbonyl (C=O) groups excluding carboxylic acids is 2. The van der Waals surface area contributed by atoms with Gasteiger partial charge in [0.2, 0.25) is 0 Å². The molecule has 6 heteroatoms. The predicted octanol–water partition coefficient (Wildman–Crippen LogP) is 4.36. The molecule has 28 heavy (non-hydrogen) atoms. The predicted molar refractivity (Wildman–Crippen MR) is 104 cm³/mol. The molecule has 5 nitrogen and oxygen atoms in total. The molecule has 1 aliphatic rings. The van der Waals surface area contributed by atoms with E-state index in [9.17, 15) is 14.0 Å². The summed E-state index contributed by atoms with van der Waals surface area (Å²) in [5.74, 6) is -1.64. The van der Waals surface area contributed by atoms with Gasteiger partial charge in [-0.05, 0) is 43.2 Å². The third-order valence-corrected chi connectivity index (χ3v) is 4.96. The highest BCUT2D eigenvalue weighted by molar-refractivity contribution is 5.97. The van der Waals surface area contributed by atoms with Crippen molar-refractivity contribution in [2.75, 3.05) is 18.6 Å². The number of rotatable bonds is 6. The molecule has 0 saturated heterocycles. The molecule has 0 atom stereocenters. The van der Waals surface area contributed by atoms with Gasteiger partial charge in [0.15, 0.2) is 18.2 Å². The lowest BCUT2D eigenvalue weighted by Crippen LogP contribution is -2.43. The highest BCUT2D eigenvalue weighted by Gasteiger charge is 2.27. The summed E-state index contributed by atoms with van der Waals surface area (Å²) < 4.78 is 23.8. The Bertz CT molecular complexity index is 819. The van der Waals surface area contributed by atoms with Gasteiger partial charge in [0.25, 0.3) is 5.91 Å². The summed E-state index contributed by atoms with van der Waals surface area (Å²) in [5, 5.41) is 0. The normalized spacial score (nSPS) is 14.4. The van der Waals surface area contributed by atoms with E-state index in [-0.39, 0.29) is 23.3 Å². The van der Waals surface area contributed by atoms with E-state index in [1.54, 1.807) is 4.90 Å². The number of ether oxygens (including phenoxy) is 2. The van der Waals surface area contributed by atoms with Gasteiger partial charge in [0, 0.05) is 11.7 Å². The molecule has 0 spiro atoms. The van der Waals surface area contributed by atoms with Crippen LogP contribution in [-0.4, -0.2) is 31.6 Å². The summed E-state index contributed by atoms with van der Waals surface area (Å²) in [4.78, 5) is 26.9. The fourth-order valence-corrected chi connectivity index (χ4v) is 3.56. The maximum atomic E-state index is 13.8. The molecule has 0 bridgehead atoms. The number of para-hydroxylation sites is 1. The summed E-state index contributed by atoms with van der Waals surface area (Å²) in [6.45, 7) is -0.391. The Morgan fingerprint density at radius 1 is 1.07 bits per heavy atom. The standard InChI is InChI=1S/C22H24FNO4/c1-27-20-13-12-16(14-19(20)23)22(26)28-15-21(25)24(17-8-4-2-5-9-17)18-10-6-3-7-11-18/h2,4-5,8-9,12-14,18H,3,6-7,10-11,15H2,1H3. The molecule has 0 N–H and O–H groups in total. The second-order valence-electron chi connectivity index (χ2n) is 6.82. The first-order chi connectivity index (χ1) is 13.6. The van der Waals surface area contributed by atoms with Crippen LogP contribution in [0.25, 0.3) is 0 Å². The minimum atomic E-state index is -0.744. The molecule has 0 radical (unpaired) electrons. The second-order valence-corrected chi connectivity index (χ2v) is 6.82. The zero-order valence-corrected chi connectivity index (χ0v) is 15.9. The number of nitrogens with zero attached hydrogens (tertiary/aromatic N) is 1. The van der Waals surface area contributed by atoms with Crippen LogP contribution in [0.15, 0.2) is 48.5 Å². The Balaban J connectivity index is 1.69. The third kappa shape index (κ3) is 4.68. The van der Waals surface area contributed by atoms with E-state index in [0.717, 1.165) is 37.4 Å². The van der Waals surface area contributed by atoms with E-state index in [1.807, 2.05) is 30.3 Å². The highest BCUT2D eigenvalue weighted by Crippen LogP contribution is 2.27. The van der Waals surface area contributed by atoms with E-state index >= 15 is 0 Å². The molecule has 1 amide bonds. The lowest BCUT2D eigenvalue weighted by atomic mass is 9.93. The number of esters is 1. The fourth-order valence-electron chi connectivity index (χ4n) is 3.56. The van der Waals surface area contributed by atoms with Gasteiger partial charge < -0.3 is 14.4 Å². The van der Waals surface area contributed by atoms with Crippen molar-refractivity contribution in [3.05, 3.63) is 59.9 Å². The van der Waals surface area contributed by atoms with Crippen LogP contribution < -0.4 is 9.64 Å². The van der Waals surface area contributed by atoms with Gasteiger partial charge >= 0.3 is 5.97 Å². The van der Waals surface area contributed by atoms with Gasteiger partial charge in [-0.1, -0.05) is 37.5 Å². The van der Waals surface area contributed by atoms with E-state index in [0.29, 0.717) is 0 Å². The van der Waals surface area contributed by atoms with Crippen molar-refractivity contribution in [3.63, 3.8) is 0 Å². The molecular formula is C22H24FNO4. The zero-order chi connectivity index (χ0) is 19.9. The van der Waals surface area contributed by atoms with Crippen molar-refractivity contribution in [2.45, 2.75) is 38.1 Å². The zero-order valence-electron chi connectivity index (χ0n) is 15.9. The first kappa shape index (κ1) is 19.9. The largest absolute Gasteiger partial charge is 0.494 e. The number of hydrogen-bond donors (Lipinski definition) is 0. The van der Waals surface area contributed by atoms with Crippen LogP contribution in [0.2, 0.25) is 0 Å². The number of hydrogen-bond acceptors (Lipinski definition) is 4. The lowest BCUT2D eigenvalue weighted by molar-refractivity contribution is -0.122. The lowest BCUT2D eigenvalue weighted by Gasteiger charge is -2.34. The Morgan fingerprint density at radius 3 is 2.43 bits per heavy atom. The van der Waals surface area contributed by atoms with Gasteiger partial charge in [-0.15, -0.1) is 0 Å². The molecule has 0 aliphatic heterocycles. The first-order valence-electron chi connectivity index (χ1n) is 9.48. The Morgan fingerprint density at radius 2 is 1.79 bits per heavy atom. The SMILES string of the molecule is COc1ccc(C(=O)OCC(=O)N(c2ccccc2)C2CCCCC2)cc1F. The molecule has 3 rings (SSSR count). The Labute approximate surface area is 164 Å². The highest BCUT2D eigenvalue weighted by atomic mass is 19.1. The van der Waals surface area contributed by atoms with Crippen LogP contribution in [0.5, 0.6) is 5.75 Å². The Kier molecular flexibility index (Phi) is 6.63. The van der Waals surface area contributed by atoms with E-state index < -0.39 is 18.4 Å². The summed E-state index contributed by atoms with van der Waals surface area (Å²) in [7, 11) is 1.35. The molecule has 1 fully saturated rings. The number of amides is 1. The molecular weight excluding hydrogens is 361 g/mol. The van der Waals surface area contributed by atoms with E-state index in [1.165, 1.54) is 25.7 Å². The van der Waals surface area contributed by atoms with Crippen LogP contribution in [0.4, 0.5) is 10.1 Å². The van der Waals surface area contributed by atoms with Crippen LogP contribution in [0, 0.1) is 5.82 Å². The van der Waals surface area contributed by atoms with Crippen LogP contribution >= 0.6 is 0 Å². The monoisotopic (exact) mass is 385 g/mol. The average molecular weight is 385 g/mol. The molecule has 0 aromatic heterocycles. The summed E-state index contributed by atoms with van der Waals surface area (Å²) in [5.41, 5.74) is 0.834. The average Bonchev–Trinajstić information content (AvgIpc) is 2.73. The molecule has 2 aromatic rings. The minimum absolute atomic E-state index is 0.0371.